The lowest BCUT2D eigenvalue weighted by Crippen LogP contribution is -2.47. The van der Waals surface area contributed by atoms with Gasteiger partial charge in [0.05, 0.1) is 18.5 Å². The first-order chi connectivity index (χ1) is 17.0. The van der Waals surface area contributed by atoms with E-state index >= 15 is 0 Å². The Bertz CT molecular complexity index is 1340. The average Bonchev–Trinajstić information content (AvgIpc) is 3.16. The second kappa shape index (κ2) is 9.66. The third kappa shape index (κ3) is 4.14. The lowest BCUT2D eigenvalue weighted by molar-refractivity contribution is 0.388. The highest BCUT2D eigenvalue weighted by Gasteiger charge is 2.26. The maximum absolute atomic E-state index is 5.71. The molecule has 1 fully saturated rings. The first-order valence-corrected chi connectivity index (χ1v) is 12.3. The van der Waals surface area contributed by atoms with Crippen molar-refractivity contribution >= 4 is 33.9 Å². The highest BCUT2D eigenvalue weighted by Crippen LogP contribution is 2.37. The van der Waals surface area contributed by atoms with Crippen LogP contribution in [0, 0.1) is 20.8 Å². The fourth-order valence-corrected chi connectivity index (χ4v) is 5.31. The van der Waals surface area contributed by atoms with E-state index < -0.39 is 0 Å². The number of nitrogens with zero attached hydrogens (tertiary/aromatic N) is 5. The van der Waals surface area contributed by atoms with Crippen LogP contribution in [0.15, 0.2) is 48.5 Å². The van der Waals surface area contributed by atoms with Crippen molar-refractivity contribution < 1.29 is 9.47 Å². The van der Waals surface area contributed by atoms with Gasteiger partial charge in [0.1, 0.15) is 11.5 Å². The lowest BCUT2D eigenvalue weighted by Gasteiger charge is -2.37. The summed E-state index contributed by atoms with van der Waals surface area (Å²) in [5.74, 6) is 2.61. The number of anilines is 2. The summed E-state index contributed by atoms with van der Waals surface area (Å²) in [6, 6.07) is 16.3. The van der Waals surface area contributed by atoms with Crippen LogP contribution >= 0.6 is 11.6 Å². The molecule has 0 atom stereocenters. The number of hydrogen-bond acceptors (Lipinski definition) is 6. The number of para-hydroxylation sites is 2. The van der Waals surface area contributed by atoms with Gasteiger partial charge in [-0.25, -0.2) is 0 Å². The molecule has 8 heteroatoms. The van der Waals surface area contributed by atoms with Crippen LogP contribution in [0.2, 0.25) is 0 Å². The summed E-state index contributed by atoms with van der Waals surface area (Å²) < 4.78 is 13.3. The van der Waals surface area contributed by atoms with Crippen molar-refractivity contribution in [2.75, 3.05) is 49.2 Å². The van der Waals surface area contributed by atoms with Crippen LogP contribution in [0.25, 0.3) is 16.5 Å². The zero-order valence-corrected chi connectivity index (χ0v) is 21.3. The number of alkyl halides is 1. The van der Waals surface area contributed by atoms with Gasteiger partial charge in [0.25, 0.3) is 0 Å². The van der Waals surface area contributed by atoms with E-state index in [1.807, 2.05) is 31.2 Å². The summed E-state index contributed by atoms with van der Waals surface area (Å²) in [6.45, 7) is 9.84. The summed E-state index contributed by atoms with van der Waals surface area (Å²) >= 11 is 5.71. The van der Waals surface area contributed by atoms with Gasteiger partial charge in [-0.1, -0.05) is 23.7 Å². The molecule has 0 N–H and O–H groups in total. The van der Waals surface area contributed by atoms with E-state index in [2.05, 4.69) is 57.6 Å². The Morgan fingerprint density at radius 1 is 0.829 bits per heavy atom. The van der Waals surface area contributed by atoms with Gasteiger partial charge in [-0.2, -0.15) is 5.10 Å². The SMILES string of the molecule is COc1ccccc1N1CCN(c2nnc(C)c3c(C)n(-c4ccc(OCCl)cc4)c(C)c23)CC1. The van der Waals surface area contributed by atoms with Crippen molar-refractivity contribution in [2.24, 2.45) is 0 Å². The van der Waals surface area contributed by atoms with Crippen LogP contribution < -0.4 is 19.3 Å². The number of aromatic nitrogens is 3. The smallest absolute Gasteiger partial charge is 0.162 e. The average molecular weight is 492 g/mol. The molecule has 0 saturated carbocycles. The Kier molecular flexibility index (Phi) is 6.43. The number of piperazine rings is 1. The minimum absolute atomic E-state index is 0.134. The van der Waals surface area contributed by atoms with Gasteiger partial charge in [0, 0.05) is 54.0 Å². The van der Waals surface area contributed by atoms with Crippen molar-refractivity contribution in [1.82, 2.24) is 14.8 Å². The maximum atomic E-state index is 5.71. The Hall–Kier alpha value is -3.45. The Balaban J connectivity index is 1.49. The molecule has 2 aromatic carbocycles. The maximum Gasteiger partial charge on any atom is 0.162 e. The molecule has 0 bridgehead atoms. The second-order valence-corrected chi connectivity index (χ2v) is 8.98. The van der Waals surface area contributed by atoms with E-state index in [0.29, 0.717) is 0 Å². The summed E-state index contributed by atoms with van der Waals surface area (Å²) in [7, 11) is 1.72. The predicted molar refractivity (Wildman–Crippen MR) is 142 cm³/mol. The van der Waals surface area contributed by atoms with E-state index in [0.717, 1.165) is 72.0 Å². The molecule has 0 spiro atoms. The molecule has 4 aromatic rings. The van der Waals surface area contributed by atoms with E-state index in [9.17, 15) is 0 Å². The van der Waals surface area contributed by atoms with Gasteiger partial charge in [0.15, 0.2) is 11.9 Å². The number of aryl methyl sites for hydroxylation is 3. The highest BCUT2D eigenvalue weighted by atomic mass is 35.5. The van der Waals surface area contributed by atoms with Gasteiger partial charge >= 0.3 is 0 Å². The van der Waals surface area contributed by atoms with E-state index in [-0.39, 0.29) is 6.07 Å². The van der Waals surface area contributed by atoms with Crippen molar-refractivity contribution in [1.29, 1.82) is 0 Å². The van der Waals surface area contributed by atoms with Crippen LogP contribution in [0.5, 0.6) is 11.5 Å². The highest BCUT2D eigenvalue weighted by molar-refractivity contribution is 6.17. The molecular formula is C27H30ClN5O2. The van der Waals surface area contributed by atoms with E-state index in [1.165, 1.54) is 10.8 Å². The van der Waals surface area contributed by atoms with Crippen molar-refractivity contribution in [3.05, 3.63) is 65.6 Å². The first kappa shape index (κ1) is 23.3. The molecule has 3 heterocycles. The Labute approximate surface area is 210 Å². The van der Waals surface area contributed by atoms with Gasteiger partial charge in [-0.15, -0.1) is 5.10 Å². The van der Waals surface area contributed by atoms with Crippen LogP contribution in [-0.4, -0.2) is 54.1 Å². The molecule has 0 aliphatic carbocycles. The fraction of sp³-hybridized carbons (Fsp3) is 0.333. The van der Waals surface area contributed by atoms with Gasteiger partial charge in [0.2, 0.25) is 0 Å². The quantitative estimate of drug-likeness (QED) is 0.343. The standard InChI is InChI=1S/C27H30ClN5O2/c1-18-25-19(2)33(21-9-11-22(12-10-21)35-17-28)20(3)26(25)27(30-29-18)32-15-13-31(14-16-32)23-7-5-6-8-24(23)34-4/h5-12H,13-17H2,1-4H3. The number of ether oxygens (including phenoxy) is 2. The molecule has 0 radical (unpaired) electrons. The topological polar surface area (TPSA) is 55.7 Å². The zero-order chi connectivity index (χ0) is 24.5. The molecule has 2 aromatic heterocycles. The van der Waals surface area contributed by atoms with Crippen molar-refractivity contribution in [3.8, 4) is 17.2 Å². The summed E-state index contributed by atoms with van der Waals surface area (Å²) in [5.41, 5.74) is 5.46. The van der Waals surface area contributed by atoms with Crippen molar-refractivity contribution in [3.63, 3.8) is 0 Å². The second-order valence-electron chi connectivity index (χ2n) is 8.76. The van der Waals surface area contributed by atoms with Crippen LogP contribution in [0.3, 0.4) is 0 Å². The summed E-state index contributed by atoms with van der Waals surface area (Å²) in [4.78, 5) is 4.73. The molecule has 1 aliphatic rings. The normalized spacial score (nSPS) is 14.0. The first-order valence-electron chi connectivity index (χ1n) is 11.8. The molecule has 1 aliphatic heterocycles. The number of halogens is 1. The third-order valence-electron chi connectivity index (χ3n) is 6.85. The number of methoxy groups -OCH3 is 1. The minimum atomic E-state index is 0.134. The molecule has 0 amide bonds. The zero-order valence-electron chi connectivity index (χ0n) is 20.6. The molecule has 182 valence electrons. The molecule has 35 heavy (non-hydrogen) atoms. The van der Waals surface area contributed by atoms with Gasteiger partial charge in [-0.05, 0) is 57.2 Å². The predicted octanol–water partition coefficient (Wildman–Crippen LogP) is 5.26. The summed E-state index contributed by atoms with van der Waals surface area (Å²) in [5, 5.41) is 11.6. The Morgan fingerprint density at radius 2 is 1.49 bits per heavy atom. The van der Waals surface area contributed by atoms with Crippen LogP contribution in [-0.2, 0) is 0 Å². The van der Waals surface area contributed by atoms with Crippen LogP contribution in [0.1, 0.15) is 17.1 Å². The molecule has 7 nitrogen and oxygen atoms in total. The molecular weight excluding hydrogens is 462 g/mol. The third-order valence-corrected chi connectivity index (χ3v) is 6.95. The van der Waals surface area contributed by atoms with E-state index in [4.69, 9.17) is 26.2 Å². The lowest BCUT2D eigenvalue weighted by atomic mass is 10.1. The minimum Gasteiger partial charge on any atom is -0.495 e. The van der Waals surface area contributed by atoms with Gasteiger partial charge in [-0.3, -0.25) is 0 Å². The number of benzene rings is 2. The molecule has 0 unspecified atom stereocenters. The Morgan fingerprint density at radius 3 is 2.17 bits per heavy atom. The van der Waals surface area contributed by atoms with Crippen molar-refractivity contribution in [2.45, 2.75) is 20.8 Å². The fourth-order valence-electron chi connectivity index (χ4n) is 5.19. The summed E-state index contributed by atoms with van der Waals surface area (Å²) in [6.07, 6.45) is 0. The van der Waals surface area contributed by atoms with E-state index in [1.54, 1.807) is 7.11 Å². The van der Waals surface area contributed by atoms with Gasteiger partial charge < -0.3 is 23.8 Å². The molecule has 5 rings (SSSR count). The number of fused-ring (bicyclic) bond motifs is 1. The molecule has 1 saturated heterocycles. The largest absolute Gasteiger partial charge is 0.495 e. The van der Waals surface area contributed by atoms with Crippen LogP contribution in [0.4, 0.5) is 11.5 Å². The number of rotatable bonds is 6. The number of hydrogen-bond donors (Lipinski definition) is 0. The monoisotopic (exact) mass is 491 g/mol.